The summed E-state index contributed by atoms with van der Waals surface area (Å²) in [6, 6.07) is 8.45. The standard InChI is InChI=1S/C14H20N2O/c1-4-11(2)12-6-5-7-13(10-12)16-9-8-15(3)14(16)17/h5-7,10-11H,4,8-9H2,1-3H3. The number of urea groups is 1. The summed E-state index contributed by atoms with van der Waals surface area (Å²) in [5.74, 6) is 0.547. The van der Waals surface area contributed by atoms with Crippen LogP contribution in [0.5, 0.6) is 0 Å². The summed E-state index contributed by atoms with van der Waals surface area (Å²) in [7, 11) is 1.85. The molecule has 0 saturated carbocycles. The number of carbonyl (C=O) groups excluding carboxylic acids is 1. The number of nitrogens with zero attached hydrogens (tertiary/aromatic N) is 2. The van der Waals surface area contributed by atoms with Crippen LogP contribution in [0.3, 0.4) is 0 Å². The quantitative estimate of drug-likeness (QED) is 0.785. The number of carbonyl (C=O) groups is 1. The van der Waals surface area contributed by atoms with Gasteiger partial charge in [0.2, 0.25) is 0 Å². The number of anilines is 1. The van der Waals surface area contributed by atoms with Gasteiger partial charge in [-0.15, -0.1) is 0 Å². The molecule has 1 unspecified atom stereocenters. The van der Waals surface area contributed by atoms with Crippen LogP contribution in [-0.4, -0.2) is 31.1 Å². The highest BCUT2D eigenvalue weighted by Crippen LogP contribution is 2.25. The van der Waals surface area contributed by atoms with Gasteiger partial charge in [0.15, 0.2) is 0 Å². The van der Waals surface area contributed by atoms with E-state index in [0.717, 1.165) is 25.2 Å². The second-order valence-electron chi connectivity index (χ2n) is 4.76. The molecule has 0 spiro atoms. The summed E-state index contributed by atoms with van der Waals surface area (Å²) in [6.07, 6.45) is 1.12. The molecule has 2 rings (SSSR count). The SMILES string of the molecule is CCC(C)c1cccc(N2CCN(C)C2=O)c1. The summed E-state index contributed by atoms with van der Waals surface area (Å²) in [4.78, 5) is 15.5. The zero-order valence-electron chi connectivity index (χ0n) is 10.8. The predicted molar refractivity (Wildman–Crippen MR) is 70.5 cm³/mol. The van der Waals surface area contributed by atoms with Crippen molar-refractivity contribution in [2.45, 2.75) is 26.2 Å². The van der Waals surface area contributed by atoms with Crippen LogP contribution in [-0.2, 0) is 0 Å². The molecule has 1 fully saturated rings. The van der Waals surface area contributed by atoms with Gasteiger partial charge in [-0.1, -0.05) is 26.0 Å². The molecule has 92 valence electrons. The first kappa shape index (κ1) is 12.0. The summed E-state index contributed by atoms with van der Waals surface area (Å²) >= 11 is 0. The molecule has 1 atom stereocenters. The first-order valence-corrected chi connectivity index (χ1v) is 6.26. The van der Waals surface area contributed by atoms with Gasteiger partial charge < -0.3 is 4.90 Å². The van der Waals surface area contributed by atoms with Crippen molar-refractivity contribution in [3.63, 3.8) is 0 Å². The Hall–Kier alpha value is -1.51. The summed E-state index contributed by atoms with van der Waals surface area (Å²) in [6.45, 7) is 6.01. The fourth-order valence-corrected chi connectivity index (χ4v) is 2.12. The smallest absolute Gasteiger partial charge is 0.324 e. The Kier molecular flexibility index (Phi) is 3.36. The molecule has 0 aliphatic carbocycles. The van der Waals surface area contributed by atoms with Gasteiger partial charge in [0, 0.05) is 25.8 Å². The Morgan fingerprint density at radius 2 is 2.12 bits per heavy atom. The van der Waals surface area contributed by atoms with E-state index in [1.165, 1.54) is 5.56 Å². The van der Waals surface area contributed by atoms with E-state index in [2.05, 4.69) is 26.0 Å². The molecule has 0 radical (unpaired) electrons. The second-order valence-corrected chi connectivity index (χ2v) is 4.76. The van der Waals surface area contributed by atoms with Gasteiger partial charge in [0.05, 0.1) is 0 Å². The third-order valence-corrected chi connectivity index (χ3v) is 3.58. The minimum absolute atomic E-state index is 0.103. The zero-order chi connectivity index (χ0) is 12.4. The minimum atomic E-state index is 0.103. The van der Waals surface area contributed by atoms with E-state index < -0.39 is 0 Å². The summed E-state index contributed by atoms with van der Waals surface area (Å²) < 4.78 is 0. The Morgan fingerprint density at radius 3 is 2.71 bits per heavy atom. The number of hydrogen-bond donors (Lipinski definition) is 0. The lowest BCUT2D eigenvalue weighted by Crippen LogP contribution is -2.29. The van der Waals surface area contributed by atoms with Crippen LogP contribution in [0.15, 0.2) is 24.3 Å². The third kappa shape index (κ3) is 2.28. The third-order valence-electron chi connectivity index (χ3n) is 3.58. The molecule has 2 amide bonds. The average Bonchev–Trinajstić information content (AvgIpc) is 2.69. The molecule has 1 aliphatic rings. The largest absolute Gasteiger partial charge is 0.326 e. The molecule has 0 bridgehead atoms. The molecule has 1 aromatic rings. The molecule has 1 heterocycles. The molecular formula is C14H20N2O. The molecule has 3 nitrogen and oxygen atoms in total. The fraction of sp³-hybridized carbons (Fsp3) is 0.500. The van der Waals surface area contributed by atoms with Crippen molar-refractivity contribution in [2.24, 2.45) is 0 Å². The Morgan fingerprint density at radius 1 is 1.35 bits per heavy atom. The monoisotopic (exact) mass is 232 g/mol. The van der Waals surface area contributed by atoms with Gasteiger partial charge in [-0.3, -0.25) is 4.90 Å². The van der Waals surface area contributed by atoms with Crippen LogP contribution < -0.4 is 4.90 Å². The number of benzene rings is 1. The number of rotatable bonds is 3. The highest BCUT2D eigenvalue weighted by molar-refractivity contribution is 5.93. The first-order chi connectivity index (χ1) is 8.13. The van der Waals surface area contributed by atoms with Crippen molar-refractivity contribution in [2.75, 3.05) is 25.0 Å². The van der Waals surface area contributed by atoms with Crippen molar-refractivity contribution in [1.29, 1.82) is 0 Å². The van der Waals surface area contributed by atoms with Crippen molar-refractivity contribution in [3.05, 3.63) is 29.8 Å². The average molecular weight is 232 g/mol. The van der Waals surface area contributed by atoms with Gasteiger partial charge in [-0.05, 0) is 30.0 Å². The molecule has 3 heteroatoms. The Labute approximate surface area is 103 Å². The Balaban J connectivity index is 2.25. The highest BCUT2D eigenvalue weighted by atomic mass is 16.2. The van der Waals surface area contributed by atoms with Crippen LogP contribution >= 0.6 is 0 Å². The van der Waals surface area contributed by atoms with Gasteiger partial charge in [-0.25, -0.2) is 4.79 Å². The number of amides is 2. The van der Waals surface area contributed by atoms with Crippen LogP contribution in [0.2, 0.25) is 0 Å². The zero-order valence-corrected chi connectivity index (χ0v) is 10.8. The van der Waals surface area contributed by atoms with Crippen LogP contribution in [0.4, 0.5) is 10.5 Å². The highest BCUT2D eigenvalue weighted by Gasteiger charge is 2.26. The predicted octanol–water partition coefficient (Wildman–Crippen LogP) is 3.07. The number of hydrogen-bond acceptors (Lipinski definition) is 1. The van der Waals surface area contributed by atoms with Crippen molar-refractivity contribution < 1.29 is 4.79 Å². The lowest BCUT2D eigenvalue weighted by Gasteiger charge is -2.18. The second kappa shape index (κ2) is 4.78. The van der Waals surface area contributed by atoms with E-state index in [1.54, 1.807) is 4.90 Å². The molecule has 1 aliphatic heterocycles. The van der Waals surface area contributed by atoms with Crippen molar-refractivity contribution in [1.82, 2.24) is 4.90 Å². The van der Waals surface area contributed by atoms with Gasteiger partial charge >= 0.3 is 6.03 Å². The summed E-state index contributed by atoms with van der Waals surface area (Å²) in [5.41, 5.74) is 2.34. The maximum absolute atomic E-state index is 11.9. The van der Waals surface area contributed by atoms with Crippen LogP contribution in [0.1, 0.15) is 31.7 Å². The normalized spacial score (nSPS) is 17.7. The van der Waals surface area contributed by atoms with E-state index in [1.807, 2.05) is 24.1 Å². The topological polar surface area (TPSA) is 23.6 Å². The minimum Gasteiger partial charge on any atom is -0.326 e. The maximum atomic E-state index is 11.9. The van der Waals surface area contributed by atoms with Crippen LogP contribution in [0.25, 0.3) is 0 Å². The molecule has 1 saturated heterocycles. The lowest BCUT2D eigenvalue weighted by molar-refractivity contribution is 0.229. The lowest BCUT2D eigenvalue weighted by atomic mass is 9.98. The first-order valence-electron chi connectivity index (χ1n) is 6.26. The Bertz CT molecular complexity index is 416. The fourth-order valence-electron chi connectivity index (χ4n) is 2.12. The van der Waals surface area contributed by atoms with E-state index >= 15 is 0 Å². The van der Waals surface area contributed by atoms with Crippen LogP contribution in [0, 0.1) is 0 Å². The van der Waals surface area contributed by atoms with E-state index in [4.69, 9.17) is 0 Å². The van der Waals surface area contributed by atoms with Crippen molar-refractivity contribution in [3.8, 4) is 0 Å². The molecule has 17 heavy (non-hydrogen) atoms. The van der Waals surface area contributed by atoms with E-state index in [-0.39, 0.29) is 6.03 Å². The molecule has 0 N–H and O–H groups in total. The number of likely N-dealkylation sites (N-methyl/N-ethyl adjacent to an activating group) is 1. The summed E-state index contributed by atoms with van der Waals surface area (Å²) in [5, 5.41) is 0. The van der Waals surface area contributed by atoms with Crippen molar-refractivity contribution >= 4 is 11.7 Å². The van der Waals surface area contributed by atoms with E-state index in [9.17, 15) is 4.79 Å². The molecule has 1 aromatic carbocycles. The van der Waals surface area contributed by atoms with E-state index in [0.29, 0.717) is 5.92 Å². The van der Waals surface area contributed by atoms with Gasteiger partial charge in [0.25, 0.3) is 0 Å². The maximum Gasteiger partial charge on any atom is 0.324 e. The van der Waals surface area contributed by atoms with Gasteiger partial charge in [0.1, 0.15) is 0 Å². The van der Waals surface area contributed by atoms with Gasteiger partial charge in [-0.2, -0.15) is 0 Å². The molecule has 0 aromatic heterocycles. The molecular weight excluding hydrogens is 212 g/mol.